The standard InChI is InChI=1S/C19H14N4O2S3/c1-2-21-14-11-12(23(24)25)6-8-15(14)28-17(21)9-7-13-18(26)20-16-5-3-4-10-22(16)19(13)27/h3-11H,2H2,1H3. The van der Waals surface area contributed by atoms with Crippen molar-refractivity contribution in [3.8, 4) is 0 Å². The zero-order valence-electron chi connectivity index (χ0n) is 14.7. The van der Waals surface area contributed by atoms with E-state index in [1.54, 1.807) is 23.9 Å². The molecule has 1 aromatic carbocycles. The fourth-order valence-electron chi connectivity index (χ4n) is 3.03. The number of nitro benzene ring substituents is 1. The summed E-state index contributed by atoms with van der Waals surface area (Å²) < 4.78 is 0. The van der Waals surface area contributed by atoms with Gasteiger partial charge in [-0.25, -0.2) is 4.99 Å². The Balaban J connectivity index is 1.68. The molecular weight excluding hydrogens is 412 g/mol. The lowest BCUT2D eigenvalue weighted by atomic mass is 10.1. The summed E-state index contributed by atoms with van der Waals surface area (Å²) in [4.78, 5) is 21.1. The molecule has 0 fully saturated rings. The Labute approximate surface area is 176 Å². The highest BCUT2D eigenvalue weighted by molar-refractivity contribution is 8.03. The van der Waals surface area contributed by atoms with Crippen LogP contribution >= 0.6 is 36.2 Å². The van der Waals surface area contributed by atoms with Gasteiger partial charge in [0.15, 0.2) is 0 Å². The van der Waals surface area contributed by atoms with Gasteiger partial charge in [0, 0.05) is 35.3 Å². The zero-order chi connectivity index (χ0) is 19.8. The van der Waals surface area contributed by atoms with Gasteiger partial charge in [-0.1, -0.05) is 42.3 Å². The number of aliphatic imine (C=N–C) groups is 1. The number of thioether (sulfide) groups is 1. The number of nitrogens with zero attached hydrogens (tertiary/aromatic N) is 4. The van der Waals surface area contributed by atoms with Crippen molar-refractivity contribution in [2.75, 3.05) is 11.4 Å². The van der Waals surface area contributed by atoms with Gasteiger partial charge in [0.05, 0.1) is 15.6 Å². The van der Waals surface area contributed by atoms with Gasteiger partial charge in [-0.3, -0.25) is 15.0 Å². The molecule has 0 amide bonds. The van der Waals surface area contributed by atoms with E-state index < -0.39 is 0 Å². The van der Waals surface area contributed by atoms with Gasteiger partial charge in [0.1, 0.15) is 15.8 Å². The van der Waals surface area contributed by atoms with Crippen molar-refractivity contribution in [1.82, 2.24) is 4.90 Å². The van der Waals surface area contributed by atoms with Gasteiger partial charge in [0.2, 0.25) is 0 Å². The maximum Gasteiger partial charge on any atom is 0.271 e. The number of rotatable bonds is 3. The number of benzene rings is 1. The van der Waals surface area contributed by atoms with Crippen LogP contribution in [0.25, 0.3) is 0 Å². The monoisotopic (exact) mass is 426 g/mol. The van der Waals surface area contributed by atoms with E-state index in [0.717, 1.165) is 15.6 Å². The average Bonchev–Trinajstić information content (AvgIpc) is 3.04. The summed E-state index contributed by atoms with van der Waals surface area (Å²) in [6.45, 7) is 2.69. The summed E-state index contributed by atoms with van der Waals surface area (Å²) >= 11 is 12.6. The van der Waals surface area contributed by atoms with Crippen molar-refractivity contribution in [2.45, 2.75) is 11.8 Å². The van der Waals surface area contributed by atoms with Gasteiger partial charge >= 0.3 is 0 Å². The molecule has 3 aliphatic rings. The molecule has 4 rings (SSSR count). The molecule has 1 aromatic rings. The smallest absolute Gasteiger partial charge is 0.271 e. The number of nitro groups is 1. The van der Waals surface area contributed by atoms with Crippen LogP contribution in [0.3, 0.4) is 0 Å². The van der Waals surface area contributed by atoms with E-state index in [1.165, 1.54) is 6.07 Å². The highest BCUT2D eigenvalue weighted by Crippen LogP contribution is 2.47. The third-order valence-electron chi connectivity index (χ3n) is 4.37. The van der Waals surface area contributed by atoms with Gasteiger partial charge in [-0.05, 0) is 37.3 Å². The Morgan fingerprint density at radius 2 is 2.11 bits per heavy atom. The lowest BCUT2D eigenvalue weighted by Gasteiger charge is -2.28. The summed E-state index contributed by atoms with van der Waals surface area (Å²) in [6, 6.07) is 4.92. The second kappa shape index (κ2) is 7.42. The quantitative estimate of drug-likeness (QED) is 0.299. The first-order chi connectivity index (χ1) is 13.5. The Morgan fingerprint density at radius 1 is 1.29 bits per heavy atom. The summed E-state index contributed by atoms with van der Waals surface area (Å²) in [5.41, 5.74) is 1.63. The molecule has 28 heavy (non-hydrogen) atoms. The first kappa shape index (κ1) is 18.7. The second-order valence-corrected chi connectivity index (χ2v) is 7.83. The molecule has 0 spiro atoms. The average molecular weight is 427 g/mol. The van der Waals surface area contributed by atoms with Crippen molar-refractivity contribution in [3.05, 3.63) is 75.5 Å². The number of amidine groups is 1. The zero-order valence-corrected chi connectivity index (χ0v) is 17.2. The predicted octanol–water partition coefficient (Wildman–Crippen LogP) is 4.75. The van der Waals surface area contributed by atoms with Crippen molar-refractivity contribution in [3.63, 3.8) is 0 Å². The third kappa shape index (κ3) is 3.21. The van der Waals surface area contributed by atoms with E-state index in [-0.39, 0.29) is 10.6 Å². The summed E-state index contributed by atoms with van der Waals surface area (Å²) in [6.07, 6.45) is 11.3. The Bertz CT molecular complexity index is 1070. The van der Waals surface area contributed by atoms with E-state index in [4.69, 9.17) is 24.4 Å². The van der Waals surface area contributed by atoms with Gasteiger partial charge in [-0.15, -0.1) is 0 Å². The molecule has 0 saturated carbocycles. The molecule has 0 N–H and O–H groups in total. The van der Waals surface area contributed by atoms with Crippen molar-refractivity contribution >= 4 is 63.4 Å². The summed E-state index contributed by atoms with van der Waals surface area (Å²) in [5, 5.41) is 12.1. The number of anilines is 1. The first-order valence-corrected chi connectivity index (χ1v) is 10.1. The molecule has 140 valence electrons. The van der Waals surface area contributed by atoms with Gasteiger partial charge < -0.3 is 4.90 Å². The molecule has 0 saturated heterocycles. The number of hydrogen-bond donors (Lipinski definition) is 0. The number of non-ortho nitro benzene ring substituents is 1. The molecule has 0 aliphatic carbocycles. The molecule has 6 nitrogen and oxygen atoms in total. The molecule has 0 bridgehead atoms. The molecule has 0 atom stereocenters. The number of fused-ring (bicyclic) bond motifs is 2. The minimum absolute atomic E-state index is 0.0823. The summed E-state index contributed by atoms with van der Waals surface area (Å²) in [7, 11) is 0. The van der Waals surface area contributed by atoms with Crippen LogP contribution in [-0.2, 0) is 0 Å². The minimum Gasteiger partial charge on any atom is -0.335 e. The maximum absolute atomic E-state index is 11.1. The van der Waals surface area contributed by atoms with E-state index in [1.807, 2.05) is 53.3 Å². The van der Waals surface area contributed by atoms with E-state index in [0.29, 0.717) is 27.9 Å². The summed E-state index contributed by atoms with van der Waals surface area (Å²) in [5.74, 6) is 0.715. The third-order valence-corrected chi connectivity index (χ3v) is 6.23. The lowest BCUT2D eigenvalue weighted by Crippen LogP contribution is -2.38. The maximum atomic E-state index is 11.1. The van der Waals surface area contributed by atoms with Crippen molar-refractivity contribution in [1.29, 1.82) is 0 Å². The lowest BCUT2D eigenvalue weighted by molar-refractivity contribution is -0.384. The van der Waals surface area contributed by atoms with Gasteiger partial charge in [0.25, 0.3) is 5.69 Å². The van der Waals surface area contributed by atoms with Crippen LogP contribution < -0.4 is 4.90 Å². The topological polar surface area (TPSA) is 62.0 Å². The van der Waals surface area contributed by atoms with E-state index in [2.05, 4.69) is 4.99 Å². The molecule has 3 aliphatic heterocycles. The normalized spacial score (nSPS) is 20.7. The van der Waals surface area contributed by atoms with Crippen LogP contribution in [0.4, 0.5) is 11.4 Å². The molecular formula is C19H14N4O2S3. The molecule has 3 heterocycles. The molecule has 0 unspecified atom stereocenters. The molecule has 0 aromatic heterocycles. The second-order valence-electron chi connectivity index (χ2n) is 5.99. The van der Waals surface area contributed by atoms with Gasteiger partial charge in [-0.2, -0.15) is 0 Å². The predicted molar refractivity (Wildman–Crippen MR) is 121 cm³/mol. The number of hydrogen-bond acceptors (Lipinski definition) is 6. The molecule has 9 heteroatoms. The van der Waals surface area contributed by atoms with Crippen LogP contribution in [0.2, 0.25) is 0 Å². The highest BCUT2D eigenvalue weighted by Gasteiger charge is 2.28. The van der Waals surface area contributed by atoms with Crippen LogP contribution in [0, 0.1) is 10.1 Å². The molecule has 0 radical (unpaired) electrons. The first-order valence-electron chi connectivity index (χ1n) is 8.47. The van der Waals surface area contributed by atoms with E-state index in [9.17, 15) is 10.1 Å². The fourth-order valence-corrected chi connectivity index (χ4v) is 4.78. The fraction of sp³-hybridized carbons (Fsp3) is 0.105. The van der Waals surface area contributed by atoms with Crippen molar-refractivity contribution in [2.24, 2.45) is 4.99 Å². The highest BCUT2D eigenvalue weighted by atomic mass is 32.2. The van der Waals surface area contributed by atoms with E-state index >= 15 is 0 Å². The largest absolute Gasteiger partial charge is 0.335 e. The van der Waals surface area contributed by atoms with Crippen LogP contribution in [0.5, 0.6) is 0 Å². The van der Waals surface area contributed by atoms with Crippen LogP contribution in [0.1, 0.15) is 6.92 Å². The minimum atomic E-state index is -0.377. The Hall–Kier alpha value is -2.62. The van der Waals surface area contributed by atoms with Crippen LogP contribution in [-0.4, -0.2) is 32.2 Å². The van der Waals surface area contributed by atoms with Crippen molar-refractivity contribution < 1.29 is 4.92 Å². The SMILES string of the molecule is CCN1C(=CC=C2C(=S)N=C3C=CC=CN3C2=S)Sc2ccc([N+](=O)[O-])cc21. The Morgan fingerprint density at radius 3 is 2.86 bits per heavy atom. The van der Waals surface area contributed by atoms with Crippen LogP contribution in [0.15, 0.2) is 75.3 Å². The number of allylic oxidation sites excluding steroid dienone is 4. The Kier molecular flexibility index (Phi) is 4.96. The number of thiocarbonyl (C=S) groups is 2.